The Morgan fingerprint density at radius 3 is 1.26 bits per heavy atom. The van der Waals surface area contributed by atoms with Crippen LogP contribution in [0.1, 0.15) is 206 Å². The molecule has 0 saturated carbocycles. The molecule has 0 aliphatic heterocycles. The lowest BCUT2D eigenvalue weighted by Crippen LogP contribution is -2.44. The Kier molecular flexibility index (Phi) is 42.9. The highest BCUT2D eigenvalue weighted by molar-refractivity contribution is 5.77. The van der Waals surface area contributed by atoms with Gasteiger partial charge in [-0.2, -0.15) is 0 Å². The van der Waals surface area contributed by atoms with Crippen LogP contribution >= 0.6 is 0 Å². The lowest BCUT2D eigenvalue weighted by Gasteiger charge is -2.19. The van der Waals surface area contributed by atoms with Gasteiger partial charge in [0.1, 0.15) is 0 Å². The van der Waals surface area contributed by atoms with Crippen LogP contribution in [0.2, 0.25) is 0 Å². The summed E-state index contributed by atoms with van der Waals surface area (Å²) < 4.78 is 0. The van der Waals surface area contributed by atoms with Crippen LogP contribution in [0.15, 0.2) is 85.1 Å². The Labute approximate surface area is 335 Å². The fraction of sp³-hybridized carbons (Fsp3) is 0.700. The molecule has 2 unspecified atom stereocenters. The number of carbonyl (C=O) groups is 1. The lowest BCUT2D eigenvalue weighted by molar-refractivity contribution is -0.122. The van der Waals surface area contributed by atoms with E-state index in [1.807, 2.05) is 18.2 Å². The van der Waals surface area contributed by atoms with E-state index in [2.05, 4.69) is 79.9 Å². The molecule has 0 aromatic heterocycles. The van der Waals surface area contributed by atoms with Crippen molar-refractivity contribution >= 4 is 5.91 Å². The standard InChI is InChI=1S/C50H87NO3/c1-3-5-7-9-11-13-15-17-19-20-21-22-23-24-25-26-27-28-29-30-32-33-35-37-39-41-43-45-49(53)48(47-52)51-50(54)46-44-42-40-38-36-34-31-18-16-14-12-10-8-6-4-2/h6,8,12,14,18,31,35-38,42-45,48-49,52-53H,3-5,7,9-11,13,15-17,19-30,32-34,39-41,46-47H2,1-2H3,(H,51,54)/b8-6-,14-12-,31-18-,37-35+,38-36-,44-42-,45-43+. The van der Waals surface area contributed by atoms with E-state index >= 15 is 0 Å². The molecule has 0 saturated heterocycles. The Morgan fingerprint density at radius 2 is 0.833 bits per heavy atom. The van der Waals surface area contributed by atoms with Gasteiger partial charge in [-0.15, -0.1) is 0 Å². The van der Waals surface area contributed by atoms with Crippen molar-refractivity contribution in [1.29, 1.82) is 0 Å². The van der Waals surface area contributed by atoms with Gasteiger partial charge in [-0.3, -0.25) is 4.79 Å². The summed E-state index contributed by atoms with van der Waals surface area (Å²) in [4.78, 5) is 12.3. The van der Waals surface area contributed by atoms with Crippen LogP contribution in [0.25, 0.3) is 0 Å². The Morgan fingerprint density at radius 1 is 0.463 bits per heavy atom. The summed E-state index contributed by atoms with van der Waals surface area (Å²) in [5.74, 6) is -0.203. The predicted octanol–water partition coefficient (Wildman–Crippen LogP) is 14.5. The highest BCUT2D eigenvalue weighted by Gasteiger charge is 2.17. The highest BCUT2D eigenvalue weighted by atomic mass is 16.3. The maximum atomic E-state index is 12.3. The smallest absolute Gasteiger partial charge is 0.224 e. The molecular weight excluding hydrogens is 663 g/mol. The van der Waals surface area contributed by atoms with Crippen LogP contribution in [0.4, 0.5) is 0 Å². The van der Waals surface area contributed by atoms with Gasteiger partial charge in [0, 0.05) is 6.42 Å². The first-order valence-electron chi connectivity index (χ1n) is 22.8. The molecule has 0 aromatic rings. The Hall–Kier alpha value is -2.43. The van der Waals surface area contributed by atoms with Gasteiger partial charge >= 0.3 is 0 Å². The Bertz CT molecular complexity index is 988. The van der Waals surface area contributed by atoms with E-state index in [0.29, 0.717) is 0 Å². The van der Waals surface area contributed by atoms with E-state index in [-0.39, 0.29) is 18.9 Å². The number of amides is 1. The fourth-order valence-corrected chi connectivity index (χ4v) is 6.44. The number of hydrogen-bond acceptors (Lipinski definition) is 3. The normalized spacial score (nSPS) is 13.8. The van der Waals surface area contributed by atoms with E-state index in [1.54, 1.807) is 6.08 Å². The summed E-state index contributed by atoms with van der Waals surface area (Å²) in [6.07, 6.45) is 65.9. The minimum Gasteiger partial charge on any atom is -0.394 e. The zero-order valence-electron chi connectivity index (χ0n) is 35.5. The SMILES string of the molecule is CC/C=C\C/C=C\C/C=C\C/C=C\C/C=C\CC(=O)NC(CO)C(O)/C=C/CC/C=C/CCCCCCCCCCCCCCCCCCCCCCC. The van der Waals surface area contributed by atoms with E-state index in [9.17, 15) is 15.0 Å². The molecule has 0 aromatic carbocycles. The van der Waals surface area contributed by atoms with Crippen LogP contribution in [-0.2, 0) is 4.79 Å². The summed E-state index contributed by atoms with van der Waals surface area (Å²) >= 11 is 0. The van der Waals surface area contributed by atoms with Crippen LogP contribution in [0.3, 0.4) is 0 Å². The minimum atomic E-state index is -0.907. The second-order valence-corrected chi connectivity index (χ2v) is 15.1. The number of unbranched alkanes of at least 4 members (excludes halogenated alkanes) is 22. The summed E-state index contributed by atoms with van der Waals surface area (Å²) in [6.45, 7) is 4.14. The molecule has 310 valence electrons. The van der Waals surface area contributed by atoms with Gasteiger partial charge < -0.3 is 15.5 Å². The molecule has 3 N–H and O–H groups in total. The van der Waals surface area contributed by atoms with Crippen molar-refractivity contribution in [3.05, 3.63) is 85.1 Å². The largest absolute Gasteiger partial charge is 0.394 e. The van der Waals surface area contributed by atoms with Crippen molar-refractivity contribution < 1.29 is 15.0 Å². The number of allylic oxidation sites excluding steroid dienone is 12. The molecule has 4 heteroatoms. The second-order valence-electron chi connectivity index (χ2n) is 15.1. The van der Waals surface area contributed by atoms with Crippen molar-refractivity contribution in [3.63, 3.8) is 0 Å². The van der Waals surface area contributed by atoms with Crippen molar-refractivity contribution in [3.8, 4) is 0 Å². The van der Waals surface area contributed by atoms with E-state index in [0.717, 1.165) is 51.4 Å². The summed E-state index contributed by atoms with van der Waals surface area (Å²) in [5.41, 5.74) is 0. The summed E-state index contributed by atoms with van der Waals surface area (Å²) in [7, 11) is 0. The Balaban J connectivity index is 3.66. The molecule has 0 spiro atoms. The minimum absolute atomic E-state index is 0.203. The van der Waals surface area contributed by atoms with Gasteiger partial charge in [-0.1, -0.05) is 227 Å². The van der Waals surface area contributed by atoms with Gasteiger partial charge in [0.2, 0.25) is 5.91 Å². The molecule has 2 atom stereocenters. The molecule has 0 aliphatic rings. The zero-order valence-corrected chi connectivity index (χ0v) is 35.5. The molecule has 54 heavy (non-hydrogen) atoms. The van der Waals surface area contributed by atoms with Gasteiger partial charge in [-0.25, -0.2) is 0 Å². The summed E-state index contributed by atoms with van der Waals surface area (Å²) in [6, 6.07) is -0.698. The predicted molar refractivity (Wildman–Crippen MR) is 239 cm³/mol. The number of hydrogen-bond donors (Lipinski definition) is 3. The average molecular weight is 750 g/mol. The van der Waals surface area contributed by atoms with Gasteiger partial charge in [0.05, 0.1) is 18.8 Å². The first kappa shape index (κ1) is 51.6. The molecule has 0 fully saturated rings. The molecule has 4 nitrogen and oxygen atoms in total. The fourth-order valence-electron chi connectivity index (χ4n) is 6.44. The van der Waals surface area contributed by atoms with E-state index < -0.39 is 12.1 Å². The molecule has 0 rings (SSSR count). The molecule has 0 aliphatic carbocycles. The van der Waals surface area contributed by atoms with Crippen molar-refractivity contribution in [1.82, 2.24) is 5.32 Å². The molecule has 0 heterocycles. The third-order valence-electron chi connectivity index (χ3n) is 9.89. The number of carbonyl (C=O) groups excluding carboxylic acids is 1. The van der Waals surface area contributed by atoms with Crippen molar-refractivity contribution in [2.24, 2.45) is 0 Å². The molecule has 0 radical (unpaired) electrons. The highest BCUT2D eigenvalue weighted by Crippen LogP contribution is 2.15. The monoisotopic (exact) mass is 750 g/mol. The second kappa shape index (κ2) is 45.0. The average Bonchev–Trinajstić information content (AvgIpc) is 3.18. The van der Waals surface area contributed by atoms with Gasteiger partial charge in [0.25, 0.3) is 0 Å². The topological polar surface area (TPSA) is 69.6 Å². The first-order valence-corrected chi connectivity index (χ1v) is 22.8. The van der Waals surface area contributed by atoms with E-state index in [1.165, 1.54) is 135 Å². The third-order valence-corrected chi connectivity index (χ3v) is 9.89. The molecule has 0 bridgehead atoms. The number of aliphatic hydroxyl groups excluding tert-OH is 2. The quantitative estimate of drug-likeness (QED) is 0.0431. The van der Waals surface area contributed by atoms with Crippen LogP contribution in [-0.4, -0.2) is 34.9 Å². The number of aliphatic hydroxyl groups is 2. The lowest BCUT2D eigenvalue weighted by atomic mass is 10.0. The first-order chi connectivity index (χ1) is 26.7. The van der Waals surface area contributed by atoms with Crippen LogP contribution in [0, 0.1) is 0 Å². The maximum Gasteiger partial charge on any atom is 0.224 e. The maximum absolute atomic E-state index is 12.3. The number of rotatable bonds is 40. The molecular formula is C50H87NO3. The van der Waals surface area contributed by atoms with Gasteiger partial charge in [-0.05, 0) is 57.8 Å². The van der Waals surface area contributed by atoms with Crippen molar-refractivity contribution in [2.75, 3.05) is 6.61 Å². The van der Waals surface area contributed by atoms with Crippen LogP contribution in [0.5, 0.6) is 0 Å². The van der Waals surface area contributed by atoms with Crippen molar-refractivity contribution in [2.45, 2.75) is 219 Å². The zero-order chi connectivity index (χ0) is 39.3. The van der Waals surface area contributed by atoms with Gasteiger partial charge in [0.15, 0.2) is 0 Å². The van der Waals surface area contributed by atoms with E-state index in [4.69, 9.17) is 0 Å². The molecule has 1 amide bonds. The number of nitrogens with one attached hydrogen (secondary N) is 1. The third kappa shape index (κ3) is 40.7. The summed E-state index contributed by atoms with van der Waals surface area (Å²) in [5, 5.41) is 22.9. The van der Waals surface area contributed by atoms with Crippen LogP contribution < -0.4 is 5.32 Å².